The molecule has 0 unspecified atom stereocenters. The number of esters is 1. The van der Waals surface area contributed by atoms with Gasteiger partial charge in [0.1, 0.15) is 0 Å². The van der Waals surface area contributed by atoms with Crippen molar-refractivity contribution in [3.8, 4) is 12.1 Å². The third kappa shape index (κ3) is 6.19. The van der Waals surface area contributed by atoms with E-state index < -0.39 is 34.1 Å². The minimum absolute atomic E-state index is 0.0742. The number of sulfone groups is 1. The highest BCUT2D eigenvalue weighted by Crippen LogP contribution is 2.20. The standard InChI is InChI=1S/C20H19N3O6S/c21-9-4-11-23(12-5-10-22)18(24)14-29-20(25)19-16(8-13-28-19)15-30(26,27)17-6-2-1-3-7-17/h1-3,6-8,13H,4-5,11-12,14-15H2. The summed E-state index contributed by atoms with van der Waals surface area (Å²) in [5.41, 5.74) is 0.113. The highest BCUT2D eigenvalue weighted by atomic mass is 32.2. The molecule has 0 bridgehead atoms. The summed E-state index contributed by atoms with van der Waals surface area (Å²) in [4.78, 5) is 25.9. The molecule has 30 heavy (non-hydrogen) atoms. The minimum atomic E-state index is -3.71. The predicted octanol–water partition coefficient (Wildman–Crippen LogP) is 2.07. The van der Waals surface area contributed by atoms with E-state index in [0.717, 1.165) is 0 Å². The van der Waals surface area contributed by atoms with Gasteiger partial charge in [0.05, 0.1) is 41.9 Å². The third-order valence-corrected chi connectivity index (χ3v) is 5.73. The lowest BCUT2D eigenvalue weighted by Crippen LogP contribution is -2.36. The van der Waals surface area contributed by atoms with Crippen LogP contribution in [-0.2, 0) is 25.1 Å². The maximum absolute atomic E-state index is 12.5. The summed E-state index contributed by atoms with van der Waals surface area (Å²) in [5, 5.41) is 17.3. The first kappa shape index (κ1) is 22.7. The summed E-state index contributed by atoms with van der Waals surface area (Å²) >= 11 is 0. The summed E-state index contributed by atoms with van der Waals surface area (Å²) in [6.07, 6.45) is 1.32. The van der Waals surface area contributed by atoms with Gasteiger partial charge in [-0.15, -0.1) is 0 Å². The van der Waals surface area contributed by atoms with E-state index in [-0.39, 0.29) is 42.2 Å². The Morgan fingerprint density at radius 1 is 1.03 bits per heavy atom. The molecule has 1 aromatic carbocycles. The first-order valence-electron chi connectivity index (χ1n) is 8.92. The number of carbonyl (C=O) groups excluding carboxylic acids is 2. The molecule has 2 rings (SSSR count). The van der Waals surface area contributed by atoms with Crippen LogP contribution in [0.15, 0.2) is 52.0 Å². The Bertz CT molecular complexity index is 1050. The number of carbonyl (C=O) groups is 2. The van der Waals surface area contributed by atoms with Gasteiger partial charge < -0.3 is 14.1 Å². The number of benzene rings is 1. The Kier molecular flexibility index (Phi) is 8.15. The predicted molar refractivity (Wildman–Crippen MR) is 103 cm³/mol. The third-order valence-electron chi connectivity index (χ3n) is 4.05. The van der Waals surface area contributed by atoms with Crippen LogP contribution in [0.4, 0.5) is 0 Å². The number of nitrogens with zero attached hydrogens (tertiary/aromatic N) is 3. The average Bonchev–Trinajstić information content (AvgIpc) is 3.20. The lowest BCUT2D eigenvalue weighted by atomic mass is 10.3. The zero-order valence-corrected chi connectivity index (χ0v) is 16.8. The molecule has 0 fully saturated rings. The molecule has 0 aliphatic carbocycles. The molecule has 2 aromatic rings. The monoisotopic (exact) mass is 429 g/mol. The Labute approximate surface area is 174 Å². The Morgan fingerprint density at radius 2 is 1.67 bits per heavy atom. The van der Waals surface area contributed by atoms with Crippen LogP contribution in [0.5, 0.6) is 0 Å². The summed E-state index contributed by atoms with van der Waals surface area (Å²) in [6.45, 7) is -0.410. The van der Waals surface area contributed by atoms with E-state index in [9.17, 15) is 18.0 Å². The van der Waals surface area contributed by atoms with Gasteiger partial charge in [0, 0.05) is 18.7 Å². The van der Waals surface area contributed by atoms with Crippen LogP contribution in [-0.4, -0.2) is 44.9 Å². The SMILES string of the molecule is N#CCCN(CCC#N)C(=O)COC(=O)c1occc1CS(=O)(=O)c1ccccc1. The second kappa shape index (κ2) is 10.8. The van der Waals surface area contributed by atoms with Crippen LogP contribution >= 0.6 is 0 Å². The Morgan fingerprint density at radius 3 is 2.27 bits per heavy atom. The zero-order valence-electron chi connectivity index (χ0n) is 16.0. The number of ether oxygens (including phenoxy) is 1. The molecule has 9 nitrogen and oxygen atoms in total. The van der Waals surface area contributed by atoms with E-state index in [1.54, 1.807) is 18.2 Å². The van der Waals surface area contributed by atoms with Crippen LogP contribution < -0.4 is 0 Å². The summed E-state index contributed by atoms with van der Waals surface area (Å²) in [6, 6.07) is 12.9. The summed E-state index contributed by atoms with van der Waals surface area (Å²) in [7, 11) is -3.71. The lowest BCUT2D eigenvalue weighted by molar-refractivity contribution is -0.134. The van der Waals surface area contributed by atoms with Crippen molar-refractivity contribution in [1.29, 1.82) is 10.5 Å². The van der Waals surface area contributed by atoms with Crippen LogP contribution in [0, 0.1) is 22.7 Å². The molecule has 1 aromatic heterocycles. The molecule has 156 valence electrons. The normalized spacial score (nSPS) is 10.6. The second-order valence-electron chi connectivity index (χ2n) is 6.12. The fourth-order valence-corrected chi connectivity index (χ4v) is 3.93. The second-order valence-corrected chi connectivity index (χ2v) is 8.11. The van der Waals surface area contributed by atoms with Gasteiger partial charge in [0.25, 0.3) is 5.91 Å². The van der Waals surface area contributed by atoms with E-state index in [4.69, 9.17) is 19.7 Å². The fourth-order valence-electron chi connectivity index (χ4n) is 2.56. The van der Waals surface area contributed by atoms with Gasteiger partial charge in [-0.05, 0) is 18.2 Å². The number of rotatable bonds is 10. The number of nitriles is 2. The van der Waals surface area contributed by atoms with Crippen molar-refractivity contribution in [2.24, 2.45) is 0 Å². The number of amides is 1. The highest BCUT2D eigenvalue weighted by molar-refractivity contribution is 7.90. The molecule has 10 heteroatoms. The molecule has 0 radical (unpaired) electrons. The Hall–Kier alpha value is -3.63. The van der Waals surface area contributed by atoms with Crippen molar-refractivity contribution < 1.29 is 27.2 Å². The van der Waals surface area contributed by atoms with Crippen LogP contribution in [0.2, 0.25) is 0 Å². The summed E-state index contributed by atoms with van der Waals surface area (Å²) < 4.78 is 35.1. The van der Waals surface area contributed by atoms with E-state index in [0.29, 0.717) is 0 Å². The minimum Gasteiger partial charge on any atom is -0.457 e. The van der Waals surface area contributed by atoms with Gasteiger partial charge in [-0.25, -0.2) is 13.2 Å². The van der Waals surface area contributed by atoms with Gasteiger partial charge in [-0.1, -0.05) is 18.2 Å². The van der Waals surface area contributed by atoms with E-state index >= 15 is 0 Å². The number of hydrogen-bond donors (Lipinski definition) is 0. The molecule has 0 N–H and O–H groups in total. The van der Waals surface area contributed by atoms with Crippen molar-refractivity contribution in [2.75, 3.05) is 19.7 Å². The molecule has 0 saturated heterocycles. The molecule has 1 heterocycles. The van der Waals surface area contributed by atoms with E-state index in [1.165, 1.54) is 29.4 Å². The molecule has 0 aliphatic rings. The molecule has 0 atom stereocenters. The molecular weight excluding hydrogens is 410 g/mol. The van der Waals surface area contributed by atoms with Crippen LogP contribution in [0.1, 0.15) is 29.0 Å². The van der Waals surface area contributed by atoms with E-state index in [1.807, 2.05) is 12.1 Å². The van der Waals surface area contributed by atoms with Crippen molar-refractivity contribution in [3.05, 3.63) is 54.0 Å². The molecule has 0 aliphatic heterocycles. The van der Waals surface area contributed by atoms with E-state index in [2.05, 4.69) is 0 Å². The van der Waals surface area contributed by atoms with Gasteiger partial charge in [-0.3, -0.25) is 4.79 Å². The molecule has 0 spiro atoms. The van der Waals surface area contributed by atoms with Gasteiger partial charge in [0.2, 0.25) is 5.76 Å². The Balaban J connectivity index is 2.03. The zero-order chi connectivity index (χ0) is 22.0. The lowest BCUT2D eigenvalue weighted by Gasteiger charge is -2.19. The fraction of sp³-hybridized carbons (Fsp3) is 0.300. The van der Waals surface area contributed by atoms with Crippen LogP contribution in [0.25, 0.3) is 0 Å². The quantitative estimate of drug-likeness (QED) is 0.523. The van der Waals surface area contributed by atoms with Gasteiger partial charge in [-0.2, -0.15) is 10.5 Å². The van der Waals surface area contributed by atoms with Crippen molar-refractivity contribution in [2.45, 2.75) is 23.5 Å². The first-order valence-corrected chi connectivity index (χ1v) is 10.6. The highest BCUT2D eigenvalue weighted by Gasteiger charge is 2.24. The average molecular weight is 429 g/mol. The number of furan rings is 1. The molecule has 1 amide bonds. The maximum Gasteiger partial charge on any atom is 0.375 e. The topological polar surface area (TPSA) is 141 Å². The van der Waals surface area contributed by atoms with Crippen molar-refractivity contribution >= 4 is 21.7 Å². The molecular formula is C20H19N3O6S. The van der Waals surface area contributed by atoms with Gasteiger partial charge >= 0.3 is 5.97 Å². The smallest absolute Gasteiger partial charge is 0.375 e. The van der Waals surface area contributed by atoms with Crippen molar-refractivity contribution in [1.82, 2.24) is 4.90 Å². The maximum atomic E-state index is 12.5. The summed E-state index contributed by atoms with van der Waals surface area (Å²) in [5.74, 6) is -2.32. The molecule has 0 saturated carbocycles. The van der Waals surface area contributed by atoms with Crippen LogP contribution in [0.3, 0.4) is 0 Å². The van der Waals surface area contributed by atoms with Crippen molar-refractivity contribution in [3.63, 3.8) is 0 Å². The number of hydrogen-bond acceptors (Lipinski definition) is 8. The largest absolute Gasteiger partial charge is 0.457 e. The van der Waals surface area contributed by atoms with Gasteiger partial charge in [0.15, 0.2) is 16.4 Å². The first-order chi connectivity index (χ1) is 14.4.